The van der Waals surface area contributed by atoms with Gasteiger partial charge in [-0.05, 0) is 51.4 Å². The Balaban J connectivity index is 1.65. The molecule has 0 saturated heterocycles. The third kappa shape index (κ3) is 2.96. The molecule has 2 heteroatoms. The molecule has 0 bridgehead atoms. The minimum atomic E-state index is 0.0828. The van der Waals surface area contributed by atoms with Crippen LogP contribution in [0.4, 0.5) is 0 Å². The molecule has 0 radical (unpaired) electrons. The fourth-order valence-corrected chi connectivity index (χ4v) is 1.97. The van der Waals surface area contributed by atoms with Crippen molar-refractivity contribution in [3.05, 3.63) is 0 Å². The van der Waals surface area contributed by atoms with Gasteiger partial charge in [-0.15, -0.1) is 0 Å². The summed E-state index contributed by atoms with van der Waals surface area (Å²) in [6.07, 6.45) is 7.88. The molecular formula is C11H21NO. The van der Waals surface area contributed by atoms with Crippen molar-refractivity contribution in [3.63, 3.8) is 0 Å². The van der Waals surface area contributed by atoms with E-state index in [1.54, 1.807) is 0 Å². The van der Waals surface area contributed by atoms with Crippen LogP contribution in [0.3, 0.4) is 0 Å². The van der Waals surface area contributed by atoms with E-state index in [-0.39, 0.29) is 5.54 Å². The summed E-state index contributed by atoms with van der Waals surface area (Å²) in [6.45, 7) is 3.16. The molecule has 13 heavy (non-hydrogen) atoms. The Morgan fingerprint density at radius 2 is 1.85 bits per heavy atom. The van der Waals surface area contributed by atoms with E-state index in [4.69, 9.17) is 10.5 Å². The average molecular weight is 183 g/mol. The Morgan fingerprint density at radius 3 is 2.38 bits per heavy atom. The third-order valence-corrected chi connectivity index (χ3v) is 3.34. The molecule has 76 valence electrons. The normalized spacial score (nSPS) is 40.6. The van der Waals surface area contributed by atoms with E-state index in [1.165, 1.54) is 25.7 Å². The van der Waals surface area contributed by atoms with Gasteiger partial charge in [0.15, 0.2) is 0 Å². The van der Waals surface area contributed by atoms with Gasteiger partial charge < -0.3 is 10.5 Å². The first kappa shape index (κ1) is 9.47. The zero-order chi connectivity index (χ0) is 9.31. The van der Waals surface area contributed by atoms with Gasteiger partial charge in [-0.2, -0.15) is 0 Å². The molecule has 2 rings (SSSR count). The molecule has 2 nitrogen and oxygen atoms in total. The molecule has 2 aliphatic carbocycles. The summed E-state index contributed by atoms with van der Waals surface area (Å²) in [5, 5.41) is 0. The summed E-state index contributed by atoms with van der Waals surface area (Å²) in [5.41, 5.74) is 6.14. The van der Waals surface area contributed by atoms with Crippen molar-refractivity contribution >= 4 is 0 Å². The summed E-state index contributed by atoms with van der Waals surface area (Å²) < 4.78 is 5.84. The Hall–Kier alpha value is -0.0800. The van der Waals surface area contributed by atoms with Gasteiger partial charge in [0.25, 0.3) is 0 Å². The largest absolute Gasteiger partial charge is 0.378 e. The lowest BCUT2D eigenvalue weighted by Crippen LogP contribution is -2.41. The highest BCUT2D eigenvalue weighted by atomic mass is 16.5. The van der Waals surface area contributed by atoms with E-state index in [0.29, 0.717) is 6.10 Å². The van der Waals surface area contributed by atoms with Gasteiger partial charge in [-0.1, -0.05) is 0 Å². The van der Waals surface area contributed by atoms with E-state index in [0.717, 1.165) is 25.4 Å². The molecule has 2 N–H and O–H groups in total. The van der Waals surface area contributed by atoms with Gasteiger partial charge in [0.1, 0.15) is 0 Å². The second-order valence-corrected chi connectivity index (χ2v) is 5.13. The Kier molecular flexibility index (Phi) is 2.61. The highest BCUT2D eigenvalue weighted by Crippen LogP contribution is 2.32. The molecule has 2 saturated carbocycles. The Bertz CT molecular complexity index is 162. The van der Waals surface area contributed by atoms with Crippen LogP contribution in [0.15, 0.2) is 0 Å². The van der Waals surface area contributed by atoms with Gasteiger partial charge in [0, 0.05) is 12.1 Å². The monoisotopic (exact) mass is 183 g/mol. The molecule has 0 aromatic heterocycles. The van der Waals surface area contributed by atoms with Crippen molar-refractivity contribution in [2.75, 3.05) is 6.61 Å². The smallest absolute Gasteiger partial charge is 0.0576 e. The van der Waals surface area contributed by atoms with E-state index in [2.05, 4.69) is 6.92 Å². The van der Waals surface area contributed by atoms with Gasteiger partial charge >= 0.3 is 0 Å². The maximum Gasteiger partial charge on any atom is 0.0576 e. The van der Waals surface area contributed by atoms with E-state index in [9.17, 15) is 0 Å². The maximum absolute atomic E-state index is 6.05. The van der Waals surface area contributed by atoms with Gasteiger partial charge in [-0.3, -0.25) is 0 Å². The van der Waals surface area contributed by atoms with Crippen molar-refractivity contribution in [2.24, 2.45) is 11.7 Å². The maximum atomic E-state index is 6.05. The number of hydrogen-bond donors (Lipinski definition) is 1. The second kappa shape index (κ2) is 3.58. The number of nitrogens with two attached hydrogens (primary N) is 1. The second-order valence-electron chi connectivity index (χ2n) is 5.13. The fourth-order valence-electron chi connectivity index (χ4n) is 1.97. The van der Waals surface area contributed by atoms with Crippen molar-refractivity contribution in [1.82, 2.24) is 0 Å². The molecule has 0 aromatic rings. The molecule has 0 aliphatic heterocycles. The Labute approximate surface area is 80.8 Å². The van der Waals surface area contributed by atoms with Crippen molar-refractivity contribution < 1.29 is 4.74 Å². The van der Waals surface area contributed by atoms with Crippen LogP contribution < -0.4 is 5.73 Å². The highest BCUT2D eigenvalue weighted by Gasteiger charge is 2.29. The zero-order valence-corrected chi connectivity index (χ0v) is 8.59. The molecule has 0 heterocycles. The van der Waals surface area contributed by atoms with Crippen LogP contribution in [0.25, 0.3) is 0 Å². The summed E-state index contributed by atoms with van der Waals surface area (Å²) in [5.74, 6) is 0.895. The van der Waals surface area contributed by atoms with Gasteiger partial charge in [0.2, 0.25) is 0 Å². The summed E-state index contributed by atoms with van der Waals surface area (Å²) in [4.78, 5) is 0. The predicted molar refractivity (Wildman–Crippen MR) is 53.5 cm³/mol. The number of hydrogen-bond acceptors (Lipinski definition) is 2. The van der Waals surface area contributed by atoms with Crippen LogP contribution in [-0.2, 0) is 4.74 Å². The molecule has 2 aliphatic rings. The lowest BCUT2D eigenvalue weighted by Gasteiger charge is -2.34. The molecule has 0 atom stereocenters. The average Bonchev–Trinajstić information content (AvgIpc) is 2.86. The first-order chi connectivity index (χ1) is 6.16. The lowest BCUT2D eigenvalue weighted by molar-refractivity contribution is 0.00995. The predicted octanol–water partition coefficient (Wildman–Crippen LogP) is 2.07. The van der Waals surface area contributed by atoms with Crippen LogP contribution >= 0.6 is 0 Å². The molecular weight excluding hydrogens is 162 g/mol. The zero-order valence-electron chi connectivity index (χ0n) is 8.59. The van der Waals surface area contributed by atoms with Crippen molar-refractivity contribution in [1.29, 1.82) is 0 Å². The topological polar surface area (TPSA) is 35.2 Å². The third-order valence-electron chi connectivity index (χ3n) is 3.34. The quantitative estimate of drug-likeness (QED) is 0.727. The highest BCUT2D eigenvalue weighted by molar-refractivity contribution is 4.86. The van der Waals surface area contributed by atoms with E-state index < -0.39 is 0 Å². The van der Waals surface area contributed by atoms with Crippen LogP contribution in [0.2, 0.25) is 0 Å². The van der Waals surface area contributed by atoms with E-state index >= 15 is 0 Å². The molecule has 0 aromatic carbocycles. The van der Waals surface area contributed by atoms with Crippen LogP contribution in [0.1, 0.15) is 45.4 Å². The summed E-state index contributed by atoms with van der Waals surface area (Å²) >= 11 is 0. The Morgan fingerprint density at radius 1 is 1.23 bits per heavy atom. The molecule has 2 fully saturated rings. The van der Waals surface area contributed by atoms with Crippen LogP contribution in [0.5, 0.6) is 0 Å². The molecule has 0 unspecified atom stereocenters. The number of rotatable bonds is 3. The van der Waals surface area contributed by atoms with Crippen LogP contribution in [0, 0.1) is 5.92 Å². The van der Waals surface area contributed by atoms with Gasteiger partial charge in [-0.25, -0.2) is 0 Å². The first-order valence-electron chi connectivity index (χ1n) is 5.56. The van der Waals surface area contributed by atoms with Crippen molar-refractivity contribution in [2.45, 2.75) is 57.1 Å². The number of ether oxygens (including phenoxy) is 1. The van der Waals surface area contributed by atoms with Crippen LogP contribution in [-0.4, -0.2) is 18.2 Å². The summed E-state index contributed by atoms with van der Waals surface area (Å²) in [6, 6.07) is 0. The lowest BCUT2D eigenvalue weighted by atomic mass is 9.83. The molecule has 0 amide bonds. The summed E-state index contributed by atoms with van der Waals surface area (Å²) in [7, 11) is 0. The SMILES string of the molecule is CC1(N)CCC(OCC2CC2)CC1. The minimum absolute atomic E-state index is 0.0828. The van der Waals surface area contributed by atoms with E-state index in [1.807, 2.05) is 0 Å². The van der Waals surface area contributed by atoms with Gasteiger partial charge in [0.05, 0.1) is 6.10 Å². The fraction of sp³-hybridized carbons (Fsp3) is 1.00. The minimum Gasteiger partial charge on any atom is -0.378 e. The first-order valence-corrected chi connectivity index (χ1v) is 5.56. The standard InChI is InChI=1S/C11H21NO/c1-11(12)6-4-10(5-7-11)13-8-9-2-3-9/h9-10H,2-8,12H2,1H3. The molecule has 0 spiro atoms. The van der Waals surface area contributed by atoms with Crippen molar-refractivity contribution in [3.8, 4) is 0 Å².